The summed E-state index contributed by atoms with van der Waals surface area (Å²) in [7, 11) is 0. The van der Waals surface area contributed by atoms with Gasteiger partial charge in [0.25, 0.3) is 0 Å². The maximum absolute atomic E-state index is 14.3. The molecular weight excluding hydrogens is 483 g/mol. The molecule has 0 bridgehead atoms. The molecule has 1 aliphatic rings. The summed E-state index contributed by atoms with van der Waals surface area (Å²) >= 11 is 0. The van der Waals surface area contributed by atoms with Gasteiger partial charge in [0.1, 0.15) is 0 Å². The van der Waals surface area contributed by atoms with Gasteiger partial charge in [-0.25, -0.2) is 4.39 Å². The number of halogens is 9. The van der Waals surface area contributed by atoms with E-state index in [4.69, 9.17) is 0 Å². The molecule has 3 rings (SSSR count). The van der Waals surface area contributed by atoms with Crippen molar-refractivity contribution in [1.82, 2.24) is 0 Å². The van der Waals surface area contributed by atoms with Crippen molar-refractivity contribution >= 4 is 0 Å². The Kier molecular flexibility index (Phi) is 7.87. The van der Waals surface area contributed by atoms with Crippen LogP contribution in [0.15, 0.2) is 48.5 Å². The average molecular weight is 510 g/mol. The van der Waals surface area contributed by atoms with Gasteiger partial charge in [0.05, 0.1) is 0 Å². The fourth-order valence-electron chi connectivity index (χ4n) is 4.81. The molecule has 0 aromatic heterocycles. The fraction of sp³-hybridized carbons (Fsp3) is 0.538. The van der Waals surface area contributed by atoms with Gasteiger partial charge in [0.2, 0.25) is 0 Å². The minimum absolute atomic E-state index is 0.308. The molecule has 0 spiro atoms. The Morgan fingerprint density at radius 2 is 1.11 bits per heavy atom. The van der Waals surface area contributed by atoms with Crippen molar-refractivity contribution in [2.45, 2.75) is 81.7 Å². The second kappa shape index (κ2) is 10.1. The Morgan fingerprint density at radius 1 is 0.657 bits per heavy atom. The van der Waals surface area contributed by atoms with Gasteiger partial charge in [0.15, 0.2) is 0 Å². The first-order chi connectivity index (χ1) is 16.2. The predicted octanol–water partition coefficient (Wildman–Crippen LogP) is 9.74. The molecule has 1 saturated carbocycles. The molecule has 0 atom stereocenters. The highest BCUT2D eigenvalue weighted by Crippen LogP contribution is 2.58. The first kappa shape index (κ1) is 27.4. The van der Waals surface area contributed by atoms with E-state index in [1.165, 1.54) is 19.3 Å². The molecule has 35 heavy (non-hydrogen) atoms. The van der Waals surface area contributed by atoms with Gasteiger partial charge in [-0.15, -0.1) is 0 Å². The van der Waals surface area contributed by atoms with Crippen LogP contribution in [-0.2, 0) is 5.92 Å². The number of unbranched alkanes of at least 4 members (excludes halogenated alkanes) is 1. The molecule has 0 saturated heterocycles. The van der Waals surface area contributed by atoms with Crippen molar-refractivity contribution in [3.05, 3.63) is 59.7 Å². The van der Waals surface area contributed by atoms with E-state index in [2.05, 4.69) is 6.92 Å². The van der Waals surface area contributed by atoms with E-state index in [0.29, 0.717) is 29.2 Å². The van der Waals surface area contributed by atoms with Crippen molar-refractivity contribution in [3.63, 3.8) is 0 Å². The molecule has 0 heterocycles. The highest BCUT2D eigenvalue weighted by atomic mass is 19.4. The van der Waals surface area contributed by atoms with Gasteiger partial charge < -0.3 is 0 Å². The number of hydrogen-bond acceptors (Lipinski definition) is 0. The van der Waals surface area contributed by atoms with E-state index in [9.17, 15) is 39.5 Å². The number of alkyl halides is 9. The Bertz CT molecular complexity index is 934. The Balaban J connectivity index is 1.76. The third-order valence-corrected chi connectivity index (χ3v) is 6.99. The largest absolute Gasteiger partial charge is 0.438 e. The van der Waals surface area contributed by atoms with Crippen LogP contribution in [0.5, 0.6) is 0 Å². The lowest BCUT2D eigenvalue weighted by molar-refractivity contribution is -0.400. The monoisotopic (exact) mass is 510 g/mol. The summed E-state index contributed by atoms with van der Waals surface area (Å²) in [6.07, 6.45) is -5.61. The quantitative estimate of drug-likeness (QED) is 0.325. The second-order valence-electron chi connectivity index (χ2n) is 9.29. The molecular formula is C26H27F9. The highest BCUT2D eigenvalue weighted by Gasteiger charge is 2.84. The number of rotatable bonds is 7. The van der Waals surface area contributed by atoms with E-state index in [1.807, 2.05) is 12.1 Å². The van der Waals surface area contributed by atoms with Crippen molar-refractivity contribution < 1.29 is 39.5 Å². The molecule has 0 amide bonds. The standard InChI is InChI=1S/C26H27F9/c1-2-3-4-17-5-7-18(8-6-17)19-9-11-20(12-10-19)21-13-15-22(16-14-21)23(27,28)24(29,25(30,31)32)26(33,34)35/h9-18H,2-8H2,1H3. The van der Waals surface area contributed by atoms with Crippen molar-refractivity contribution in [1.29, 1.82) is 0 Å². The molecule has 1 fully saturated rings. The van der Waals surface area contributed by atoms with Crippen LogP contribution in [0.2, 0.25) is 0 Å². The van der Waals surface area contributed by atoms with Crippen molar-refractivity contribution in [3.8, 4) is 11.1 Å². The first-order valence-electron chi connectivity index (χ1n) is 11.6. The van der Waals surface area contributed by atoms with Crippen LogP contribution in [0.1, 0.15) is 68.9 Å². The Hall–Kier alpha value is -2.19. The molecule has 0 aliphatic heterocycles. The van der Waals surface area contributed by atoms with Gasteiger partial charge in [-0.05, 0) is 54.2 Å². The minimum Gasteiger partial charge on any atom is -0.216 e. The molecule has 0 N–H and O–H groups in total. The van der Waals surface area contributed by atoms with E-state index < -0.39 is 29.5 Å². The Morgan fingerprint density at radius 3 is 1.54 bits per heavy atom. The van der Waals surface area contributed by atoms with Gasteiger partial charge >= 0.3 is 23.9 Å². The predicted molar refractivity (Wildman–Crippen MR) is 116 cm³/mol. The zero-order chi connectivity index (χ0) is 26.1. The molecule has 0 nitrogen and oxygen atoms in total. The maximum Gasteiger partial charge on any atom is 0.438 e. The summed E-state index contributed by atoms with van der Waals surface area (Å²) in [5, 5.41) is 0. The molecule has 0 unspecified atom stereocenters. The lowest BCUT2D eigenvalue weighted by Crippen LogP contribution is -2.63. The lowest BCUT2D eigenvalue weighted by Gasteiger charge is -2.36. The van der Waals surface area contributed by atoms with Crippen molar-refractivity contribution in [2.24, 2.45) is 5.92 Å². The Labute approximate surface area is 198 Å². The van der Waals surface area contributed by atoms with E-state index in [0.717, 1.165) is 49.3 Å². The number of benzene rings is 2. The van der Waals surface area contributed by atoms with E-state index in [1.54, 1.807) is 12.1 Å². The smallest absolute Gasteiger partial charge is 0.216 e. The minimum atomic E-state index is -6.86. The normalized spacial score (nSPS) is 20.2. The van der Waals surface area contributed by atoms with Crippen molar-refractivity contribution in [2.75, 3.05) is 0 Å². The zero-order valence-electron chi connectivity index (χ0n) is 19.1. The third-order valence-electron chi connectivity index (χ3n) is 6.99. The van der Waals surface area contributed by atoms with Crippen LogP contribution in [-0.4, -0.2) is 18.0 Å². The summed E-state index contributed by atoms with van der Waals surface area (Å²) in [5.74, 6) is -4.72. The summed E-state index contributed by atoms with van der Waals surface area (Å²) in [5.41, 5.74) is -6.44. The van der Waals surface area contributed by atoms with E-state index in [-0.39, 0.29) is 0 Å². The summed E-state index contributed by atoms with van der Waals surface area (Å²) in [4.78, 5) is 0. The molecule has 2 aromatic carbocycles. The van der Waals surface area contributed by atoms with Crippen LogP contribution in [0.25, 0.3) is 11.1 Å². The SMILES string of the molecule is CCCCC1CCC(c2ccc(-c3ccc(C(F)(F)C(F)(C(F)(F)F)C(F)(F)F)cc3)cc2)CC1. The van der Waals surface area contributed by atoms with Crippen LogP contribution >= 0.6 is 0 Å². The second-order valence-corrected chi connectivity index (χ2v) is 9.29. The first-order valence-corrected chi connectivity index (χ1v) is 11.6. The van der Waals surface area contributed by atoms with Crippen LogP contribution in [0, 0.1) is 5.92 Å². The summed E-state index contributed by atoms with van der Waals surface area (Å²) in [6, 6.07) is 9.98. The average Bonchev–Trinajstić information content (AvgIpc) is 2.81. The topological polar surface area (TPSA) is 0 Å². The fourth-order valence-corrected chi connectivity index (χ4v) is 4.81. The van der Waals surface area contributed by atoms with E-state index >= 15 is 0 Å². The van der Waals surface area contributed by atoms with Gasteiger partial charge in [-0.1, -0.05) is 74.7 Å². The summed E-state index contributed by atoms with van der Waals surface area (Å²) in [6.45, 7) is 2.17. The lowest BCUT2D eigenvalue weighted by atomic mass is 9.77. The van der Waals surface area contributed by atoms with Gasteiger partial charge in [-0.2, -0.15) is 35.1 Å². The zero-order valence-corrected chi connectivity index (χ0v) is 19.1. The maximum atomic E-state index is 14.3. The molecule has 1 aliphatic carbocycles. The van der Waals surface area contributed by atoms with Gasteiger partial charge in [0, 0.05) is 5.56 Å². The van der Waals surface area contributed by atoms with Crippen LogP contribution in [0.4, 0.5) is 39.5 Å². The van der Waals surface area contributed by atoms with Gasteiger partial charge in [-0.3, -0.25) is 0 Å². The van der Waals surface area contributed by atoms with Crippen LogP contribution in [0.3, 0.4) is 0 Å². The molecule has 9 heteroatoms. The molecule has 194 valence electrons. The third kappa shape index (κ3) is 5.33. The molecule has 0 radical (unpaired) electrons. The molecule has 2 aromatic rings. The summed E-state index contributed by atoms with van der Waals surface area (Å²) < 4.78 is 119. The highest BCUT2D eigenvalue weighted by molar-refractivity contribution is 5.64. The van der Waals surface area contributed by atoms with Crippen LogP contribution < -0.4 is 0 Å². The number of hydrogen-bond donors (Lipinski definition) is 0.